The van der Waals surface area contributed by atoms with Crippen molar-refractivity contribution in [2.45, 2.75) is 6.92 Å². The molecule has 2 rings (SSSR count). The topological polar surface area (TPSA) is 66.2 Å². The van der Waals surface area contributed by atoms with E-state index in [2.05, 4.69) is 10.1 Å². The SMILES string of the molecule is CCOC(=O)c1nc(-c2ccc(OC)cc2F)n(C)n1. The first-order valence-electron chi connectivity index (χ1n) is 5.99. The maximum Gasteiger partial charge on any atom is 0.378 e. The van der Waals surface area contributed by atoms with Crippen molar-refractivity contribution in [3.8, 4) is 17.1 Å². The molecule has 1 heterocycles. The molecule has 2 aromatic rings. The molecule has 1 aromatic carbocycles. The van der Waals surface area contributed by atoms with E-state index in [1.54, 1.807) is 20.0 Å². The van der Waals surface area contributed by atoms with Gasteiger partial charge < -0.3 is 9.47 Å². The molecule has 0 N–H and O–H groups in total. The third-order valence-electron chi connectivity index (χ3n) is 2.64. The van der Waals surface area contributed by atoms with Crippen LogP contribution in [0.25, 0.3) is 11.4 Å². The van der Waals surface area contributed by atoms with Gasteiger partial charge in [-0.25, -0.2) is 18.9 Å². The van der Waals surface area contributed by atoms with Crippen LogP contribution in [0.3, 0.4) is 0 Å². The van der Waals surface area contributed by atoms with Crippen molar-refractivity contribution in [2.24, 2.45) is 7.05 Å². The van der Waals surface area contributed by atoms with Crippen molar-refractivity contribution in [3.63, 3.8) is 0 Å². The smallest absolute Gasteiger partial charge is 0.378 e. The van der Waals surface area contributed by atoms with Crippen LogP contribution < -0.4 is 4.74 Å². The number of benzene rings is 1. The number of carbonyl (C=O) groups excluding carboxylic acids is 1. The number of aryl methyl sites for hydroxylation is 1. The number of ether oxygens (including phenoxy) is 2. The lowest BCUT2D eigenvalue weighted by molar-refractivity contribution is 0.0512. The Bertz CT molecular complexity index is 640. The fourth-order valence-corrected chi connectivity index (χ4v) is 1.71. The summed E-state index contributed by atoms with van der Waals surface area (Å²) < 4.78 is 25.1. The number of esters is 1. The first kappa shape index (κ1) is 14.0. The molecule has 0 fully saturated rings. The maximum absolute atomic E-state index is 14.0. The van der Waals surface area contributed by atoms with Crippen molar-refractivity contribution >= 4 is 5.97 Å². The predicted molar refractivity (Wildman–Crippen MR) is 68.9 cm³/mol. The van der Waals surface area contributed by atoms with Crippen LogP contribution in [0.1, 0.15) is 17.5 Å². The molecule has 0 radical (unpaired) electrons. The Morgan fingerprint density at radius 3 is 2.80 bits per heavy atom. The van der Waals surface area contributed by atoms with E-state index in [0.29, 0.717) is 5.75 Å². The molecule has 0 saturated carbocycles. The van der Waals surface area contributed by atoms with Gasteiger partial charge in [0.15, 0.2) is 5.82 Å². The minimum Gasteiger partial charge on any atom is -0.497 e. The molecule has 1 aromatic heterocycles. The number of halogens is 1. The average molecular weight is 279 g/mol. The van der Waals surface area contributed by atoms with Gasteiger partial charge in [0.05, 0.1) is 19.3 Å². The number of rotatable bonds is 4. The predicted octanol–water partition coefficient (Wildman–Crippen LogP) is 1.81. The number of carbonyl (C=O) groups is 1. The van der Waals surface area contributed by atoms with E-state index in [1.165, 1.54) is 23.9 Å². The van der Waals surface area contributed by atoms with Gasteiger partial charge in [0.25, 0.3) is 5.82 Å². The Morgan fingerprint density at radius 1 is 1.45 bits per heavy atom. The molecule has 0 bridgehead atoms. The average Bonchev–Trinajstić information content (AvgIpc) is 2.81. The largest absolute Gasteiger partial charge is 0.497 e. The summed E-state index contributed by atoms with van der Waals surface area (Å²) in [6.45, 7) is 1.91. The van der Waals surface area contributed by atoms with E-state index in [4.69, 9.17) is 9.47 Å². The minimum atomic E-state index is -0.636. The van der Waals surface area contributed by atoms with E-state index in [1.807, 2.05) is 0 Å². The van der Waals surface area contributed by atoms with E-state index < -0.39 is 11.8 Å². The lowest BCUT2D eigenvalue weighted by atomic mass is 10.2. The number of hydrogen-bond donors (Lipinski definition) is 0. The van der Waals surface area contributed by atoms with Crippen LogP contribution in [-0.4, -0.2) is 34.5 Å². The van der Waals surface area contributed by atoms with Gasteiger partial charge in [-0.15, -0.1) is 5.10 Å². The van der Waals surface area contributed by atoms with Gasteiger partial charge >= 0.3 is 5.97 Å². The summed E-state index contributed by atoms with van der Waals surface area (Å²) in [7, 11) is 3.03. The van der Waals surface area contributed by atoms with Gasteiger partial charge in [-0.05, 0) is 19.1 Å². The number of methoxy groups -OCH3 is 1. The molecule has 0 aliphatic heterocycles. The zero-order valence-corrected chi connectivity index (χ0v) is 11.4. The molecule has 106 valence electrons. The highest BCUT2D eigenvalue weighted by Gasteiger charge is 2.19. The fourth-order valence-electron chi connectivity index (χ4n) is 1.71. The molecule has 0 aliphatic carbocycles. The number of nitrogens with zero attached hydrogens (tertiary/aromatic N) is 3. The summed E-state index contributed by atoms with van der Waals surface area (Å²) in [5, 5.41) is 3.92. The molecular formula is C13H14FN3O3. The van der Waals surface area contributed by atoms with Gasteiger partial charge in [0.1, 0.15) is 11.6 Å². The molecule has 0 atom stereocenters. The second-order valence-corrected chi connectivity index (χ2v) is 3.95. The highest BCUT2D eigenvalue weighted by atomic mass is 19.1. The van der Waals surface area contributed by atoms with Crippen molar-refractivity contribution in [1.29, 1.82) is 0 Å². The van der Waals surface area contributed by atoms with Gasteiger partial charge in [0, 0.05) is 13.1 Å². The standard InChI is InChI=1S/C13H14FN3O3/c1-4-20-13(18)11-15-12(17(2)16-11)9-6-5-8(19-3)7-10(9)14/h5-7H,4H2,1-3H3. The van der Waals surface area contributed by atoms with Crippen LogP contribution >= 0.6 is 0 Å². The summed E-state index contributed by atoms with van der Waals surface area (Å²) in [5.74, 6) is -0.592. The molecule has 20 heavy (non-hydrogen) atoms. The van der Waals surface area contributed by atoms with Crippen LogP contribution in [0.4, 0.5) is 4.39 Å². The van der Waals surface area contributed by atoms with E-state index >= 15 is 0 Å². The maximum atomic E-state index is 14.0. The third-order valence-corrected chi connectivity index (χ3v) is 2.64. The van der Waals surface area contributed by atoms with Crippen molar-refractivity contribution in [1.82, 2.24) is 14.8 Å². The van der Waals surface area contributed by atoms with Crippen molar-refractivity contribution < 1.29 is 18.7 Å². The highest BCUT2D eigenvalue weighted by molar-refractivity contribution is 5.85. The molecule has 0 spiro atoms. The van der Waals surface area contributed by atoms with Gasteiger partial charge in [-0.3, -0.25) is 0 Å². The Labute approximate surface area is 115 Å². The fraction of sp³-hybridized carbons (Fsp3) is 0.308. The summed E-state index contributed by atoms with van der Waals surface area (Å²) >= 11 is 0. The third kappa shape index (κ3) is 2.61. The molecule has 6 nitrogen and oxygen atoms in total. The van der Waals surface area contributed by atoms with Gasteiger partial charge in [-0.2, -0.15) is 0 Å². The monoisotopic (exact) mass is 279 g/mol. The summed E-state index contributed by atoms with van der Waals surface area (Å²) in [4.78, 5) is 15.6. The molecule has 7 heteroatoms. The lowest BCUT2D eigenvalue weighted by Crippen LogP contribution is -2.07. The number of hydrogen-bond acceptors (Lipinski definition) is 5. The first-order chi connectivity index (χ1) is 9.56. The molecule has 0 saturated heterocycles. The Kier molecular flexibility index (Phi) is 3.97. The second-order valence-electron chi connectivity index (χ2n) is 3.95. The van der Waals surface area contributed by atoms with Crippen molar-refractivity contribution in [2.75, 3.05) is 13.7 Å². The minimum absolute atomic E-state index is 0.0976. The van der Waals surface area contributed by atoms with Crippen LogP contribution in [0.5, 0.6) is 5.75 Å². The summed E-state index contributed by atoms with van der Waals surface area (Å²) in [6.07, 6.45) is 0. The molecule has 0 aliphatic rings. The molecule has 0 unspecified atom stereocenters. The zero-order chi connectivity index (χ0) is 14.7. The molecule has 0 amide bonds. The normalized spacial score (nSPS) is 10.4. The molecular weight excluding hydrogens is 265 g/mol. The van der Waals surface area contributed by atoms with Crippen LogP contribution in [0.15, 0.2) is 18.2 Å². The quantitative estimate of drug-likeness (QED) is 0.798. The summed E-state index contributed by atoms with van der Waals surface area (Å²) in [6, 6.07) is 4.37. The van der Waals surface area contributed by atoms with E-state index in [9.17, 15) is 9.18 Å². The first-order valence-corrected chi connectivity index (χ1v) is 5.99. The van der Waals surface area contributed by atoms with Crippen molar-refractivity contribution in [3.05, 3.63) is 29.8 Å². The lowest BCUT2D eigenvalue weighted by Gasteiger charge is -2.04. The van der Waals surface area contributed by atoms with Gasteiger partial charge in [-0.1, -0.05) is 0 Å². The second kappa shape index (κ2) is 5.68. The Morgan fingerprint density at radius 2 is 2.20 bits per heavy atom. The zero-order valence-electron chi connectivity index (χ0n) is 11.4. The van der Waals surface area contributed by atoms with Crippen LogP contribution in [0, 0.1) is 5.82 Å². The van der Waals surface area contributed by atoms with Crippen LogP contribution in [-0.2, 0) is 11.8 Å². The van der Waals surface area contributed by atoms with Crippen LogP contribution in [0.2, 0.25) is 0 Å². The Balaban J connectivity index is 2.40. The van der Waals surface area contributed by atoms with E-state index in [0.717, 1.165) is 0 Å². The highest BCUT2D eigenvalue weighted by Crippen LogP contribution is 2.24. The van der Waals surface area contributed by atoms with Gasteiger partial charge in [0.2, 0.25) is 0 Å². The number of aromatic nitrogens is 3. The van der Waals surface area contributed by atoms with E-state index in [-0.39, 0.29) is 23.8 Å². The Hall–Kier alpha value is -2.44. The summed E-state index contributed by atoms with van der Waals surface area (Å²) in [5.41, 5.74) is 0.233.